The lowest BCUT2D eigenvalue weighted by Crippen LogP contribution is -2.56. The fraction of sp³-hybridized carbons (Fsp3) is 0.529. The summed E-state index contributed by atoms with van der Waals surface area (Å²) in [5.74, 6) is 0.140. The van der Waals surface area contributed by atoms with Crippen molar-refractivity contribution in [2.45, 2.75) is 25.2 Å². The molecule has 26 heavy (non-hydrogen) atoms. The van der Waals surface area contributed by atoms with Crippen LogP contribution in [0.5, 0.6) is 0 Å². The van der Waals surface area contributed by atoms with Gasteiger partial charge in [-0.2, -0.15) is 24.9 Å². The predicted molar refractivity (Wildman–Crippen MR) is 94.7 cm³/mol. The van der Waals surface area contributed by atoms with Crippen LogP contribution < -0.4 is 10.6 Å². The Morgan fingerprint density at radius 1 is 1.38 bits per heavy atom. The second kappa shape index (κ2) is 9.27. The average Bonchev–Trinajstić information content (AvgIpc) is 2.58. The van der Waals surface area contributed by atoms with E-state index in [1.165, 1.54) is 12.1 Å². The maximum Gasteiger partial charge on any atom is 0.416 e. The number of rotatable bonds is 7. The minimum atomic E-state index is -4.46. The minimum absolute atomic E-state index is 0.0359. The highest BCUT2D eigenvalue weighted by Crippen LogP contribution is 2.32. The van der Waals surface area contributed by atoms with Gasteiger partial charge < -0.3 is 10.6 Å². The van der Waals surface area contributed by atoms with Gasteiger partial charge in [-0.05, 0) is 17.9 Å². The summed E-state index contributed by atoms with van der Waals surface area (Å²) in [6.07, 6.45) is -2.62. The first kappa shape index (κ1) is 20.6. The molecule has 144 valence electrons. The molecule has 5 nitrogen and oxygen atoms in total. The van der Waals surface area contributed by atoms with Crippen molar-refractivity contribution in [2.75, 3.05) is 31.6 Å². The molecule has 0 saturated carbocycles. The summed E-state index contributed by atoms with van der Waals surface area (Å²) in [6.45, 7) is 1.19. The lowest BCUT2D eigenvalue weighted by atomic mass is 10.0. The first-order chi connectivity index (χ1) is 12.3. The molecule has 2 N–H and O–H groups in total. The molecule has 9 heteroatoms. The number of carbonyl (C=O) groups excluding carboxylic acids is 2. The molecule has 1 aliphatic heterocycles. The van der Waals surface area contributed by atoms with E-state index in [-0.39, 0.29) is 30.3 Å². The molecule has 1 heterocycles. The van der Waals surface area contributed by atoms with Gasteiger partial charge in [0.25, 0.3) is 0 Å². The molecular weight excluding hydrogens is 367 g/mol. The Morgan fingerprint density at radius 2 is 2.12 bits per heavy atom. The van der Waals surface area contributed by atoms with Crippen molar-refractivity contribution >= 4 is 23.6 Å². The van der Waals surface area contributed by atoms with Crippen LogP contribution in [0.2, 0.25) is 0 Å². The summed E-state index contributed by atoms with van der Waals surface area (Å²) in [4.78, 5) is 25.9. The van der Waals surface area contributed by atoms with Crippen molar-refractivity contribution in [1.29, 1.82) is 0 Å². The topological polar surface area (TPSA) is 61.4 Å². The Hall–Kier alpha value is -1.74. The minimum Gasteiger partial charge on any atom is -0.355 e. The number of piperazine rings is 1. The number of nitrogens with zero attached hydrogens (tertiary/aromatic N) is 1. The monoisotopic (exact) mass is 389 g/mol. The molecule has 1 aromatic carbocycles. The van der Waals surface area contributed by atoms with Gasteiger partial charge in [-0.25, -0.2) is 0 Å². The number of halogens is 3. The van der Waals surface area contributed by atoms with Crippen LogP contribution in [0, 0.1) is 0 Å². The molecule has 0 bridgehead atoms. The van der Waals surface area contributed by atoms with Crippen molar-refractivity contribution < 1.29 is 22.8 Å². The van der Waals surface area contributed by atoms with Gasteiger partial charge in [0.15, 0.2) is 0 Å². The third kappa shape index (κ3) is 5.63. The maximum absolute atomic E-state index is 13.2. The SMILES string of the molecule is CSCCNC(=O)CC1C(=O)NCCN1Cc1ccccc1C(F)(F)F. The number of benzene rings is 1. The highest BCUT2D eigenvalue weighted by atomic mass is 32.2. The third-order valence-electron chi connectivity index (χ3n) is 4.14. The van der Waals surface area contributed by atoms with Crippen LogP contribution in [-0.4, -0.2) is 54.4 Å². The summed E-state index contributed by atoms with van der Waals surface area (Å²) in [6, 6.07) is 4.54. The zero-order valence-electron chi connectivity index (χ0n) is 14.4. The molecule has 2 rings (SSSR count). The number of hydrogen-bond acceptors (Lipinski definition) is 4. The molecular formula is C17H22F3N3O2S. The molecule has 1 aliphatic rings. The summed E-state index contributed by atoms with van der Waals surface area (Å²) >= 11 is 1.59. The van der Waals surface area contributed by atoms with Gasteiger partial charge in [0.1, 0.15) is 0 Å². The summed E-state index contributed by atoms with van der Waals surface area (Å²) in [7, 11) is 0. The van der Waals surface area contributed by atoms with Crippen molar-refractivity contribution in [3.8, 4) is 0 Å². The molecule has 2 amide bonds. The van der Waals surface area contributed by atoms with Crippen molar-refractivity contribution in [2.24, 2.45) is 0 Å². The fourth-order valence-electron chi connectivity index (χ4n) is 2.87. The number of thioether (sulfide) groups is 1. The zero-order valence-corrected chi connectivity index (χ0v) is 15.3. The zero-order chi connectivity index (χ0) is 19.2. The second-order valence-corrected chi connectivity index (χ2v) is 6.96. The standard InChI is InChI=1S/C17H22F3N3O2S/c1-26-9-7-21-15(24)10-14-16(25)22-6-8-23(14)11-12-4-2-3-5-13(12)17(18,19)20/h2-5,14H,6-11H2,1H3,(H,21,24)(H,22,25). The van der Waals surface area contributed by atoms with Gasteiger partial charge in [-0.15, -0.1) is 0 Å². The van der Waals surface area contributed by atoms with Crippen LogP contribution in [0.3, 0.4) is 0 Å². The quantitative estimate of drug-likeness (QED) is 0.699. The Balaban J connectivity index is 2.11. The molecule has 1 atom stereocenters. The second-order valence-electron chi connectivity index (χ2n) is 5.98. The van der Waals surface area contributed by atoms with Gasteiger partial charge in [-0.1, -0.05) is 18.2 Å². The van der Waals surface area contributed by atoms with Gasteiger partial charge in [0, 0.05) is 31.9 Å². The number of alkyl halides is 3. The van der Waals surface area contributed by atoms with Gasteiger partial charge >= 0.3 is 6.18 Å². The number of hydrogen-bond donors (Lipinski definition) is 2. The highest BCUT2D eigenvalue weighted by Gasteiger charge is 2.36. The van der Waals surface area contributed by atoms with Gasteiger partial charge in [-0.3, -0.25) is 14.5 Å². The van der Waals surface area contributed by atoms with Crippen molar-refractivity contribution in [3.05, 3.63) is 35.4 Å². The maximum atomic E-state index is 13.2. The molecule has 1 aromatic rings. The summed E-state index contributed by atoms with van der Waals surface area (Å²) in [5.41, 5.74) is -0.614. The largest absolute Gasteiger partial charge is 0.416 e. The lowest BCUT2D eigenvalue weighted by molar-refractivity contribution is -0.139. The molecule has 0 aliphatic carbocycles. The van der Waals surface area contributed by atoms with E-state index in [4.69, 9.17) is 0 Å². The highest BCUT2D eigenvalue weighted by molar-refractivity contribution is 7.98. The van der Waals surface area contributed by atoms with E-state index < -0.39 is 17.8 Å². The molecule has 0 radical (unpaired) electrons. The summed E-state index contributed by atoms with van der Waals surface area (Å²) < 4.78 is 39.6. The smallest absolute Gasteiger partial charge is 0.355 e. The van der Waals surface area contributed by atoms with E-state index in [1.807, 2.05) is 6.26 Å². The Bertz CT molecular complexity index is 640. The summed E-state index contributed by atoms with van der Waals surface area (Å²) in [5, 5.41) is 5.40. The van der Waals surface area contributed by atoms with Crippen molar-refractivity contribution in [3.63, 3.8) is 0 Å². The van der Waals surface area contributed by atoms with Crippen molar-refractivity contribution in [1.82, 2.24) is 15.5 Å². The van der Waals surface area contributed by atoms with Gasteiger partial charge in [0.05, 0.1) is 18.0 Å². The molecule has 0 spiro atoms. The Morgan fingerprint density at radius 3 is 2.81 bits per heavy atom. The van der Waals surface area contributed by atoms with Crippen LogP contribution in [0.4, 0.5) is 13.2 Å². The van der Waals surface area contributed by atoms with Crippen LogP contribution in [0.15, 0.2) is 24.3 Å². The van der Waals surface area contributed by atoms with E-state index in [9.17, 15) is 22.8 Å². The predicted octanol–water partition coefficient (Wildman–Crippen LogP) is 1.88. The Labute approximate surface area is 154 Å². The van der Waals surface area contributed by atoms with E-state index in [0.717, 1.165) is 11.8 Å². The third-order valence-corrected chi connectivity index (χ3v) is 4.76. The Kier molecular flexibility index (Phi) is 7.33. The van der Waals surface area contributed by atoms with Crippen LogP contribution in [0.1, 0.15) is 17.5 Å². The molecule has 1 unspecified atom stereocenters. The van der Waals surface area contributed by atoms with E-state index in [0.29, 0.717) is 19.6 Å². The molecule has 1 fully saturated rings. The first-order valence-electron chi connectivity index (χ1n) is 8.25. The van der Waals surface area contributed by atoms with Crippen LogP contribution in [0.25, 0.3) is 0 Å². The molecule has 1 saturated heterocycles. The van der Waals surface area contributed by atoms with E-state index in [1.54, 1.807) is 22.7 Å². The average molecular weight is 389 g/mol. The first-order valence-corrected chi connectivity index (χ1v) is 9.65. The van der Waals surface area contributed by atoms with E-state index in [2.05, 4.69) is 10.6 Å². The van der Waals surface area contributed by atoms with Gasteiger partial charge in [0.2, 0.25) is 11.8 Å². The number of carbonyl (C=O) groups is 2. The van der Waals surface area contributed by atoms with E-state index >= 15 is 0 Å². The normalized spacial score (nSPS) is 18.5. The number of amides is 2. The lowest BCUT2D eigenvalue weighted by Gasteiger charge is -2.35. The molecule has 0 aromatic heterocycles. The van der Waals surface area contributed by atoms with Crippen LogP contribution >= 0.6 is 11.8 Å². The van der Waals surface area contributed by atoms with Crippen LogP contribution in [-0.2, 0) is 22.3 Å². The fourth-order valence-corrected chi connectivity index (χ4v) is 3.17. The number of nitrogens with one attached hydrogen (secondary N) is 2.